The summed E-state index contributed by atoms with van der Waals surface area (Å²) in [5.41, 5.74) is -1.00. The molecule has 0 amide bonds. The number of hydrogen-bond acceptors (Lipinski definition) is 6. The number of pyridine rings is 1. The summed E-state index contributed by atoms with van der Waals surface area (Å²) in [6, 6.07) is 1.52. The fourth-order valence-electron chi connectivity index (χ4n) is 1.48. The van der Waals surface area contributed by atoms with Crippen molar-refractivity contribution >= 4 is 37.7 Å². The summed E-state index contributed by atoms with van der Waals surface area (Å²) in [5.74, 6) is 0. The Kier molecular flexibility index (Phi) is 3.83. The van der Waals surface area contributed by atoms with Gasteiger partial charge in [-0.1, -0.05) is 0 Å². The second kappa shape index (κ2) is 5.13. The predicted molar refractivity (Wildman–Crippen MR) is 76.4 cm³/mol. The Morgan fingerprint density at radius 3 is 2.55 bits per heavy atom. The molecule has 2 aromatic rings. The van der Waals surface area contributed by atoms with Crippen molar-refractivity contribution in [1.29, 1.82) is 0 Å². The fraction of sp³-hybridized carbons (Fsp3) is 0.364. The second-order valence-electron chi connectivity index (χ2n) is 5.00. The molecule has 0 spiro atoms. The van der Waals surface area contributed by atoms with Gasteiger partial charge in [-0.3, -0.25) is 4.79 Å². The third kappa shape index (κ3) is 2.98. The molecule has 0 unspecified atom stereocenters. The summed E-state index contributed by atoms with van der Waals surface area (Å²) in [7, 11) is -2.94. The maximum Gasteiger partial charge on any atom is 0.299 e. The summed E-state index contributed by atoms with van der Waals surface area (Å²) in [5, 5.41) is 0.127. The molecular formula is C11H12BrN3O4S. The first-order valence-corrected chi connectivity index (χ1v) is 7.58. The number of thiol groups is 1. The third-order valence-corrected chi connectivity index (χ3v) is 3.29. The van der Waals surface area contributed by atoms with Crippen LogP contribution in [0.4, 0.5) is 0 Å². The van der Waals surface area contributed by atoms with Crippen molar-refractivity contribution in [2.75, 3.05) is 0 Å². The lowest BCUT2D eigenvalue weighted by Crippen LogP contribution is -2.38. The van der Waals surface area contributed by atoms with Gasteiger partial charge in [0.15, 0.2) is 5.65 Å². The van der Waals surface area contributed by atoms with E-state index >= 15 is 0 Å². The molecule has 0 aliphatic rings. The zero-order chi connectivity index (χ0) is 15.1. The smallest absolute Gasteiger partial charge is 0.299 e. The molecule has 2 aromatic heterocycles. The summed E-state index contributed by atoms with van der Waals surface area (Å²) in [6.07, 6.45) is 1.33. The zero-order valence-corrected chi connectivity index (χ0v) is 13.4. The van der Waals surface area contributed by atoms with E-state index in [0.717, 1.165) is 4.73 Å². The molecule has 2 rings (SSSR count). The lowest BCUT2D eigenvalue weighted by atomic mass is 10.2. The van der Waals surface area contributed by atoms with Crippen LogP contribution in [0.5, 0.6) is 0 Å². The highest BCUT2D eigenvalue weighted by Crippen LogP contribution is 2.15. The van der Waals surface area contributed by atoms with Crippen molar-refractivity contribution in [3.63, 3.8) is 0 Å². The van der Waals surface area contributed by atoms with Crippen LogP contribution in [0.1, 0.15) is 20.8 Å². The minimum Gasteiger partial charge on any atom is -0.403 e. The number of hydrogen-bond donors (Lipinski definition) is 1. The predicted octanol–water partition coefficient (Wildman–Crippen LogP) is 0.751. The van der Waals surface area contributed by atoms with Gasteiger partial charge in [-0.25, -0.2) is 13.4 Å². The molecule has 0 N–H and O–H groups in total. The Labute approximate surface area is 124 Å². The highest BCUT2D eigenvalue weighted by Gasteiger charge is 2.18. The highest BCUT2D eigenvalue weighted by atomic mass is 79.9. The van der Waals surface area contributed by atoms with Crippen LogP contribution in [0.15, 0.2) is 26.7 Å². The van der Waals surface area contributed by atoms with E-state index in [4.69, 9.17) is 4.84 Å². The maximum absolute atomic E-state index is 12.1. The van der Waals surface area contributed by atoms with Gasteiger partial charge in [0.2, 0.25) is 15.9 Å². The first kappa shape index (κ1) is 14.9. The second-order valence-corrected chi connectivity index (χ2v) is 6.77. The van der Waals surface area contributed by atoms with Gasteiger partial charge in [0, 0.05) is 11.6 Å². The van der Waals surface area contributed by atoms with Gasteiger partial charge in [-0.2, -0.15) is 4.98 Å². The average molecular weight is 362 g/mol. The van der Waals surface area contributed by atoms with Crippen molar-refractivity contribution in [1.82, 2.24) is 14.7 Å². The van der Waals surface area contributed by atoms with E-state index in [1.165, 1.54) is 12.3 Å². The molecule has 0 bridgehead atoms. The monoisotopic (exact) mass is 361 g/mol. The van der Waals surface area contributed by atoms with Gasteiger partial charge in [0.05, 0.1) is 4.47 Å². The van der Waals surface area contributed by atoms with E-state index < -0.39 is 21.9 Å². The third-order valence-electron chi connectivity index (χ3n) is 2.18. The minimum atomic E-state index is -2.94. The van der Waals surface area contributed by atoms with Gasteiger partial charge in [-0.15, -0.1) is 4.73 Å². The Morgan fingerprint density at radius 1 is 1.35 bits per heavy atom. The highest BCUT2D eigenvalue weighted by molar-refractivity contribution is 9.10. The molecule has 0 radical (unpaired) electrons. The first-order chi connectivity index (χ1) is 9.19. The molecule has 0 atom stereocenters. The molecule has 0 aliphatic heterocycles. The lowest BCUT2D eigenvalue weighted by Gasteiger charge is -2.22. The van der Waals surface area contributed by atoms with E-state index in [2.05, 4.69) is 25.9 Å². The molecule has 0 aliphatic carbocycles. The molecular weight excluding hydrogens is 350 g/mol. The Bertz CT molecular complexity index is 800. The number of halogens is 1. The summed E-state index contributed by atoms with van der Waals surface area (Å²) in [6.45, 7) is 5.30. The van der Waals surface area contributed by atoms with Gasteiger partial charge >= 0.3 is 0 Å². The van der Waals surface area contributed by atoms with Gasteiger partial charge in [0.25, 0.3) is 5.56 Å². The summed E-state index contributed by atoms with van der Waals surface area (Å²) in [4.78, 5) is 25.3. The SMILES string of the molecule is CC(C)(C)On1c(=O)c(Br)cc2cnc([SH](=O)=O)nc21. The van der Waals surface area contributed by atoms with Crippen molar-refractivity contribution in [2.45, 2.75) is 31.5 Å². The molecule has 20 heavy (non-hydrogen) atoms. The van der Waals surface area contributed by atoms with Crippen molar-refractivity contribution in [3.05, 3.63) is 27.1 Å². The van der Waals surface area contributed by atoms with E-state index in [9.17, 15) is 13.2 Å². The van der Waals surface area contributed by atoms with Gasteiger partial charge < -0.3 is 4.84 Å². The summed E-state index contributed by atoms with van der Waals surface area (Å²) >= 11 is 3.13. The van der Waals surface area contributed by atoms with Crippen LogP contribution in [0, 0.1) is 0 Å². The standard InChI is InChI=1S/C11H12BrN3O4S/c1-11(2,3)19-15-8-6(4-7(12)9(15)16)5-13-10(14-8)20(17)18/h4-5,20H,1-3H3. The number of rotatable bonds is 2. The molecule has 9 heteroatoms. The van der Waals surface area contributed by atoms with E-state index in [-0.39, 0.29) is 15.3 Å². The molecule has 0 saturated carbocycles. The Morgan fingerprint density at radius 2 is 2.00 bits per heavy atom. The molecule has 2 heterocycles. The van der Waals surface area contributed by atoms with Gasteiger partial charge in [-0.05, 0) is 42.8 Å². The molecule has 7 nitrogen and oxygen atoms in total. The van der Waals surface area contributed by atoms with Crippen molar-refractivity contribution in [2.24, 2.45) is 0 Å². The van der Waals surface area contributed by atoms with Crippen molar-refractivity contribution in [3.8, 4) is 0 Å². The number of aromatic nitrogens is 3. The average Bonchev–Trinajstić information content (AvgIpc) is 2.33. The zero-order valence-electron chi connectivity index (χ0n) is 11.0. The largest absolute Gasteiger partial charge is 0.403 e. The first-order valence-electron chi connectivity index (χ1n) is 5.61. The maximum atomic E-state index is 12.1. The molecule has 0 saturated heterocycles. The van der Waals surface area contributed by atoms with Crippen molar-refractivity contribution < 1.29 is 13.3 Å². The fourth-order valence-corrected chi connectivity index (χ4v) is 2.21. The van der Waals surface area contributed by atoms with E-state index in [1.807, 2.05) is 0 Å². The van der Waals surface area contributed by atoms with Crippen LogP contribution in [0.25, 0.3) is 11.0 Å². The van der Waals surface area contributed by atoms with Crippen LogP contribution < -0.4 is 10.4 Å². The lowest BCUT2D eigenvalue weighted by molar-refractivity contribution is -0.0147. The van der Waals surface area contributed by atoms with Gasteiger partial charge in [0.1, 0.15) is 5.60 Å². The normalized spacial score (nSPS) is 12.1. The van der Waals surface area contributed by atoms with Crippen LogP contribution >= 0.6 is 15.9 Å². The molecule has 108 valence electrons. The van der Waals surface area contributed by atoms with Crippen LogP contribution in [-0.2, 0) is 10.7 Å². The molecule has 0 aromatic carbocycles. The Balaban J connectivity index is 2.83. The minimum absolute atomic E-state index is 0.109. The Hall–Kier alpha value is -1.48. The summed E-state index contributed by atoms with van der Waals surface area (Å²) < 4.78 is 23.2. The van der Waals surface area contributed by atoms with Crippen LogP contribution in [0.2, 0.25) is 0 Å². The number of nitrogens with zero attached hydrogens (tertiary/aromatic N) is 3. The molecule has 0 fully saturated rings. The van der Waals surface area contributed by atoms with Crippen LogP contribution in [-0.4, -0.2) is 28.7 Å². The van der Waals surface area contributed by atoms with E-state index in [1.54, 1.807) is 20.8 Å². The number of fused-ring (bicyclic) bond motifs is 1. The van der Waals surface area contributed by atoms with Crippen LogP contribution in [0.3, 0.4) is 0 Å². The quantitative estimate of drug-likeness (QED) is 0.626. The van der Waals surface area contributed by atoms with E-state index in [0.29, 0.717) is 5.39 Å². The topological polar surface area (TPSA) is 91.2 Å².